The number of hydrogen-bond donors (Lipinski definition) is 1. The number of ketones is 1. The van der Waals surface area contributed by atoms with E-state index in [1.165, 1.54) is 42.6 Å². The molecule has 0 saturated carbocycles. The lowest BCUT2D eigenvalue weighted by Gasteiger charge is -2.26. The van der Waals surface area contributed by atoms with Crippen molar-refractivity contribution in [3.8, 4) is 11.5 Å². The lowest BCUT2D eigenvalue weighted by atomic mass is 9.99. The van der Waals surface area contributed by atoms with Gasteiger partial charge in [0, 0.05) is 21.7 Å². The van der Waals surface area contributed by atoms with Crippen LogP contribution in [0.5, 0.6) is 11.5 Å². The van der Waals surface area contributed by atoms with Gasteiger partial charge in [0.05, 0.1) is 30.4 Å². The number of anilines is 1. The van der Waals surface area contributed by atoms with E-state index in [0.29, 0.717) is 26.9 Å². The van der Waals surface area contributed by atoms with Gasteiger partial charge < -0.3 is 14.6 Å². The second-order valence-corrected chi connectivity index (χ2v) is 9.05. The molecule has 1 N–H and O–H groups in total. The van der Waals surface area contributed by atoms with Crippen LogP contribution >= 0.6 is 34.5 Å². The third kappa shape index (κ3) is 3.86. The number of thiophene rings is 1. The first-order chi connectivity index (χ1) is 15.8. The van der Waals surface area contributed by atoms with Gasteiger partial charge in [0.2, 0.25) is 0 Å². The maximum Gasteiger partial charge on any atom is 0.300 e. The Balaban J connectivity index is 1.99. The van der Waals surface area contributed by atoms with Crippen LogP contribution in [0.1, 0.15) is 22.0 Å². The van der Waals surface area contributed by atoms with Gasteiger partial charge in [0.15, 0.2) is 0 Å². The van der Waals surface area contributed by atoms with Gasteiger partial charge in [-0.2, -0.15) is 0 Å². The van der Waals surface area contributed by atoms with Crippen molar-refractivity contribution in [3.63, 3.8) is 0 Å². The molecular formula is C24H19Cl2NO5S. The second kappa shape index (κ2) is 9.09. The summed E-state index contributed by atoms with van der Waals surface area (Å²) in [5.74, 6) is -1.40. The molecular weight excluding hydrogens is 485 g/mol. The van der Waals surface area contributed by atoms with Crippen LogP contribution in [0.2, 0.25) is 10.0 Å². The minimum atomic E-state index is -0.854. The highest BCUT2D eigenvalue weighted by Gasteiger charge is 2.48. The number of aliphatic hydroxyl groups is 1. The number of aliphatic hydroxyl groups excluding tert-OH is 1. The number of rotatable bonds is 5. The highest BCUT2D eigenvalue weighted by atomic mass is 35.5. The zero-order valence-electron chi connectivity index (χ0n) is 17.9. The average molecular weight is 504 g/mol. The molecule has 0 radical (unpaired) electrons. The zero-order chi connectivity index (χ0) is 23.9. The maximum atomic E-state index is 13.3. The minimum Gasteiger partial charge on any atom is -0.507 e. The molecule has 6 nitrogen and oxygen atoms in total. The fraction of sp³-hybridized carbons (Fsp3) is 0.167. The van der Waals surface area contributed by atoms with Gasteiger partial charge in [0.25, 0.3) is 11.7 Å². The largest absolute Gasteiger partial charge is 0.507 e. The highest BCUT2D eigenvalue weighted by Crippen LogP contribution is 2.46. The van der Waals surface area contributed by atoms with Crippen LogP contribution < -0.4 is 14.4 Å². The van der Waals surface area contributed by atoms with Crippen molar-refractivity contribution in [2.24, 2.45) is 0 Å². The molecule has 2 heterocycles. The van der Waals surface area contributed by atoms with E-state index in [0.717, 1.165) is 0 Å². The standard InChI is InChI=1S/C24H19Cl2NO5S/c1-12-14(25)6-4-7-16(12)27-21(19-8-5-9-33-19)20(23(29)24(27)30)22(28)13-10-15(26)18(32-3)11-17(13)31-2/h4-11,21,28H,1-3H3/b22-20-. The van der Waals surface area contributed by atoms with E-state index in [2.05, 4.69) is 0 Å². The van der Waals surface area contributed by atoms with E-state index in [1.54, 1.807) is 31.2 Å². The Morgan fingerprint density at radius 1 is 1.03 bits per heavy atom. The molecule has 1 aliphatic rings. The number of carbonyl (C=O) groups is 2. The Morgan fingerprint density at radius 3 is 2.39 bits per heavy atom. The molecule has 0 aliphatic carbocycles. The van der Waals surface area contributed by atoms with Crippen molar-refractivity contribution in [3.05, 3.63) is 79.5 Å². The molecule has 1 unspecified atom stereocenters. The summed E-state index contributed by atoms with van der Waals surface area (Å²) in [6.07, 6.45) is 0. The van der Waals surface area contributed by atoms with E-state index in [4.69, 9.17) is 32.7 Å². The predicted molar refractivity (Wildman–Crippen MR) is 130 cm³/mol. The van der Waals surface area contributed by atoms with Gasteiger partial charge in [0.1, 0.15) is 23.3 Å². The van der Waals surface area contributed by atoms with Crippen LogP contribution in [-0.2, 0) is 9.59 Å². The Hall–Kier alpha value is -3.00. The van der Waals surface area contributed by atoms with Gasteiger partial charge >= 0.3 is 0 Å². The third-order valence-electron chi connectivity index (χ3n) is 5.48. The van der Waals surface area contributed by atoms with E-state index in [9.17, 15) is 14.7 Å². The number of Topliss-reactive ketones (excluding diaryl/α,β-unsaturated/α-hetero) is 1. The zero-order valence-corrected chi connectivity index (χ0v) is 20.2. The number of benzene rings is 2. The fourth-order valence-electron chi connectivity index (χ4n) is 3.84. The van der Waals surface area contributed by atoms with Gasteiger partial charge in [-0.3, -0.25) is 14.5 Å². The molecule has 1 amide bonds. The third-order valence-corrected chi connectivity index (χ3v) is 7.11. The van der Waals surface area contributed by atoms with Crippen LogP contribution in [0.25, 0.3) is 5.76 Å². The first kappa shape index (κ1) is 23.2. The molecule has 1 aliphatic heterocycles. The molecule has 1 aromatic heterocycles. The highest BCUT2D eigenvalue weighted by molar-refractivity contribution is 7.10. The molecule has 1 atom stereocenters. The summed E-state index contributed by atoms with van der Waals surface area (Å²) in [6, 6.07) is 10.9. The Labute approximate surface area is 204 Å². The molecule has 1 saturated heterocycles. The van der Waals surface area contributed by atoms with Crippen molar-refractivity contribution >= 4 is 57.7 Å². The minimum absolute atomic E-state index is 0.0682. The summed E-state index contributed by atoms with van der Waals surface area (Å²) >= 11 is 14.0. The van der Waals surface area contributed by atoms with Gasteiger partial charge in [-0.25, -0.2) is 0 Å². The summed E-state index contributed by atoms with van der Waals surface area (Å²) in [7, 11) is 2.87. The SMILES string of the molecule is COc1cc(OC)c(/C(O)=C2/C(=O)C(=O)N(c3cccc(Cl)c3C)C2c2cccs2)cc1Cl. The van der Waals surface area contributed by atoms with Crippen LogP contribution in [0.4, 0.5) is 5.69 Å². The summed E-state index contributed by atoms with van der Waals surface area (Å²) in [5, 5.41) is 13.9. The van der Waals surface area contributed by atoms with Crippen molar-refractivity contribution in [2.45, 2.75) is 13.0 Å². The number of carbonyl (C=O) groups excluding carboxylic acids is 2. The number of hydrogen-bond acceptors (Lipinski definition) is 6. The molecule has 2 aromatic carbocycles. The van der Waals surface area contributed by atoms with Gasteiger partial charge in [-0.15, -0.1) is 11.3 Å². The van der Waals surface area contributed by atoms with Crippen molar-refractivity contribution in [2.75, 3.05) is 19.1 Å². The van der Waals surface area contributed by atoms with E-state index < -0.39 is 23.5 Å². The maximum absolute atomic E-state index is 13.3. The molecule has 33 heavy (non-hydrogen) atoms. The summed E-state index contributed by atoms with van der Waals surface area (Å²) < 4.78 is 10.6. The average Bonchev–Trinajstić information content (AvgIpc) is 3.42. The first-order valence-corrected chi connectivity index (χ1v) is 11.4. The summed E-state index contributed by atoms with van der Waals surface area (Å²) in [5.41, 5.74) is 1.24. The van der Waals surface area contributed by atoms with Crippen LogP contribution in [0, 0.1) is 6.92 Å². The van der Waals surface area contributed by atoms with E-state index >= 15 is 0 Å². The van der Waals surface area contributed by atoms with Crippen molar-refractivity contribution in [1.29, 1.82) is 0 Å². The topological polar surface area (TPSA) is 76.1 Å². The number of methoxy groups -OCH3 is 2. The first-order valence-electron chi connectivity index (χ1n) is 9.81. The lowest BCUT2D eigenvalue weighted by Crippen LogP contribution is -2.29. The fourth-order valence-corrected chi connectivity index (χ4v) is 5.08. The molecule has 4 rings (SSSR count). The van der Waals surface area contributed by atoms with E-state index in [-0.39, 0.29) is 21.9 Å². The number of amides is 1. The van der Waals surface area contributed by atoms with Crippen LogP contribution in [-0.4, -0.2) is 31.0 Å². The molecule has 1 fully saturated rings. The smallest absolute Gasteiger partial charge is 0.300 e. The van der Waals surface area contributed by atoms with Gasteiger partial charge in [-0.1, -0.05) is 35.3 Å². The van der Waals surface area contributed by atoms with Gasteiger partial charge in [-0.05, 0) is 42.1 Å². The number of nitrogens with zero attached hydrogens (tertiary/aromatic N) is 1. The molecule has 0 bridgehead atoms. The summed E-state index contributed by atoms with van der Waals surface area (Å²) in [6.45, 7) is 1.77. The number of halogens is 2. The molecule has 9 heteroatoms. The van der Waals surface area contributed by atoms with Crippen LogP contribution in [0.3, 0.4) is 0 Å². The van der Waals surface area contributed by atoms with Crippen molar-refractivity contribution < 1.29 is 24.2 Å². The predicted octanol–water partition coefficient (Wildman–Crippen LogP) is 6.01. The van der Waals surface area contributed by atoms with Crippen molar-refractivity contribution in [1.82, 2.24) is 0 Å². The number of ether oxygens (including phenoxy) is 2. The second-order valence-electron chi connectivity index (χ2n) is 7.26. The Morgan fingerprint density at radius 2 is 1.76 bits per heavy atom. The monoisotopic (exact) mass is 503 g/mol. The van der Waals surface area contributed by atoms with Crippen LogP contribution in [0.15, 0.2) is 53.4 Å². The Bertz CT molecular complexity index is 1290. The van der Waals surface area contributed by atoms with E-state index in [1.807, 2.05) is 11.4 Å². The quantitative estimate of drug-likeness (QED) is 0.262. The molecule has 3 aromatic rings. The molecule has 170 valence electrons. The normalized spacial score (nSPS) is 17.5. The molecule has 0 spiro atoms. The Kier molecular flexibility index (Phi) is 6.38. The summed E-state index contributed by atoms with van der Waals surface area (Å²) in [4.78, 5) is 28.6. The lowest BCUT2D eigenvalue weighted by molar-refractivity contribution is -0.132.